The minimum absolute atomic E-state index is 0.113. The number of thiophene rings is 1. The third kappa shape index (κ3) is 3.27. The van der Waals surface area contributed by atoms with E-state index in [2.05, 4.69) is 10.3 Å². The summed E-state index contributed by atoms with van der Waals surface area (Å²) in [5, 5.41) is 4.86. The Morgan fingerprint density at radius 2 is 2.26 bits per heavy atom. The molecule has 0 saturated heterocycles. The van der Waals surface area contributed by atoms with Crippen LogP contribution >= 0.6 is 11.3 Å². The number of rotatable bonds is 5. The van der Waals surface area contributed by atoms with Crippen LogP contribution in [0, 0.1) is 0 Å². The Morgan fingerprint density at radius 1 is 1.39 bits per heavy atom. The van der Waals surface area contributed by atoms with Crippen LogP contribution in [0.1, 0.15) is 28.2 Å². The van der Waals surface area contributed by atoms with Gasteiger partial charge in [-0.2, -0.15) is 0 Å². The topological polar surface area (TPSA) is 56.1 Å². The Balaban J connectivity index is 1.77. The van der Waals surface area contributed by atoms with Gasteiger partial charge in [0, 0.05) is 18.1 Å². The van der Waals surface area contributed by atoms with Gasteiger partial charge < -0.3 is 14.6 Å². The number of nitrogens with zero attached hydrogens (tertiary/aromatic N) is 2. The molecule has 0 saturated carbocycles. The van der Waals surface area contributed by atoms with E-state index in [9.17, 15) is 4.79 Å². The number of ether oxygens (including phenoxy) is 1. The molecule has 0 unspecified atom stereocenters. The lowest BCUT2D eigenvalue weighted by molar-refractivity contribution is 0.0941. The molecule has 5 nitrogen and oxygen atoms in total. The Morgan fingerprint density at radius 3 is 3.00 bits per heavy atom. The second-order valence-electron chi connectivity index (χ2n) is 5.08. The van der Waals surface area contributed by atoms with Crippen molar-refractivity contribution in [1.29, 1.82) is 0 Å². The summed E-state index contributed by atoms with van der Waals surface area (Å²) in [6, 6.07) is 9.69. The van der Waals surface area contributed by atoms with Gasteiger partial charge in [-0.3, -0.25) is 4.79 Å². The van der Waals surface area contributed by atoms with E-state index < -0.39 is 0 Å². The van der Waals surface area contributed by atoms with Gasteiger partial charge in [-0.1, -0.05) is 12.1 Å². The van der Waals surface area contributed by atoms with Crippen molar-refractivity contribution in [2.45, 2.75) is 13.0 Å². The highest BCUT2D eigenvalue weighted by Crippen LogP contribution is 2.25. The molecule has 0 aliphatic carbocycles. The standard InChI is InChI=1S/C17H17N3O2S/c1-12(19-17(21)16-15(22-2)6-9-23-16)13-4-3-5-14(10-13)20-8-7-18-11-20/h3-12H,1-2H3,(H,19,21)/t12-/m0/s1. The Kier molecular flexibility index (Phi) is 4.43. The zero-order valence-corrected chi connectivity index (χ0v) is 13.7. The van der Waals surface area contributed by atoms with Crippen LogP contribution in [-0.4, -0.2) is 22.6 Å². The Bertz CT molecular complexity index is 796. The van der Waals surface area contributed by atoms with Gasteiger partial charge in [0.25, 0.3) is 5.91 Å². The van der Waals surface area contributed by atoms with Gasteiger partial charge in [0.15, 0.2) is 0 Å². The maximum absolute atomic E-state index is 12.4. The van der Waals surface area contributed by atoms with E-state index >= 15 is 0 Å². The molecule has 0 fully saturated rings. The van der Waals surface area contributed by atoms with Crippen LogP contribution in [0.2, 0.25) is 0 Å². The number of imidazole rings is 1. The molecule has 1 amide bonds. The van der Waals surface area contributed by atoms with Crippen molar-refractivity contribution >= 4 is 17.2 Å². The third-order valence-electron chi connectivity index (χ3n) is 3.58. The second kappa shape index (κ2) is 6.66. The van der Waals surface area contributed by atoms with Crippen LogP contribution in [0.25, 0.3) is 5.69 Å². The Labute approximate surface area is 138 Å². The summed E-state index contributed by atoms with van der Waals surface area (Å²) in [6.45, 7) is 1.96. The fraction of sp³-hybridized carbons (Fsp3) is 0.176. The first-order valence-corrected chi connectivity index (χ1v) is 8.07. The van der Waals surface area contributed by atoms with Gasteiger partial charge in [0.2, 0.25) is 0 Å². The number of hydrogen-bond donors (Lipinski definition) is 1. The number of hydrogen-bond acceptors (Lipinski definition) is 4. The normalized spacial score (nSPS) is 11.9. The van der Waals surface area contributed by atoms with Crippen LogP contribution < -0.4 is 10.1 Å². The molecule has 2 heterocycles. The molecular weight excluding hydrogens is 310 g/mol. The predicted molar refractivity (Wildman–Crippen MR) is 90.3 cm³/mol. The molecule has 0 spiro atoms. The number of amides is 1. The number of aromatic nitrogens is 2. The second-order valence-corrected chi connectivity index (χ2v) is 5.99. The molecule has 3 rings (SSSR count). The molecule has 6 heteroatoms. The van der Waals surface area contributed by atoms with Crippen LogP contribution in [0.4, 0.5) is 0 Å². The largest absolute Gasteiger partial charge is 0.495 e. The highest BCUT2D eigenvalue weighted by Gasteiger charge is 2.17. The number of methoxy groups -OCH3 is 1. The Hall–Kier alpha value is -2.60. The van der Waals surface area contributed by atoms with Gasteiger partial charge in [-0.05, 0) is 36.1 Å². The molecule has 0 bridgehead atoms. The van der Waals surface area contributed by atoms with Gasteiger partial charge in [-0.15, -0.1) is 11.3 Å². The lowest BCUT2D eigenvalue weighted by Crippen LogP contribution is -2.26. The molecule has 3 aromatic rings. The lowest BCUT2D eigenvalue weighted by Gasteiger charge is -2.15. The average molecular weight is 327 g/mol. The van der Waals surface area contributed by atoms with Gasteiger partial charge in [0.1, 0.15) is 10.6 Å². The van der Waals surface area contributed by atoms with Crippen LogP contribution in [-0.2, 0) is 0 Å². The van der Waals surface area contributed by atoms with Gasteiger partial charge >= 0.3 is 0 Å². The number of nitrogens with one attached hydrogen (secondary N) is 1. The van der Waals surface area contributed by atoms with Crippen molar-refractivity contribution in [3.8, 4) is 11.4 Å². The van der Waals surface area contributed by atoms with E-state index in [4.69, 9.17) is 4.74 Å². The number of benzene rings is 1. The monoisotopic (exact) mass is 327 g/mol. The molecule has 0 aliphatic rings. The van der Waals surface area contributed by atoms with Crippen molar-refractivity contribution < 1.29 is 9.53 Å². The highest BCUT2D eigenvalue weighted by molar-refractivity contribution is 7.12. The molecular formula is C17H17N3O2S. The SMILES string of the molecule is COc1ccsc1C(=O)N[C@@H](C)c1cccc(-n2ccnc2)c1. The quantitative estimate of drug-likeness (QED) is 0.781. The third-order valence-corrected chi connectivity index (χ3v) is 4.47. The maximum atomic E-state index is 12.4. The number of carbonyl (C=O) groups is 1. The molecule has 0 aliphatic heterocycles. The molecule has 0 radical (unpaired) electrons. The number of carbonyl (C=O) groups excluding carboxylic acids is 1. The summed E-state index contributed by atoms with van der Waals surface area (Å²) in [5.74, 6) is 0.476. The first-order valence-electron chi connectivity index (χ1n) is 7.19. The molecule has 2 aromatic heterocycles. The molecule has 23 heavy (non-hydrogen) atoms. The van der Waals surface area contributed by atoms with Gasteiger partial charge in [-0.25, -0.2) is 4.98 Å². The summed E-state index contributed by atoms with van der Waals surface area (Å²) < 4.78 is 7.13. The summed E-state index contributed by atoms with van der Waals surface area (Å²) in [5.41, 5.74) is 2.04. The van der Waals surface area contributed by atoms with Gasteiger partial charge in [0.05, 0.1) is 19.5 Å². The average Bonchev–Trinajstić information content (AvgIpc) is 3.26. The fourth-order valence-electron chi connectivity index (χ4n) is 2.34. The smallest absolute Gasteiger partial charge is 0.265 e. The van der Waals surface area contributed by atoms with Crippen molar-refractivity contribution in [2.75, 3.05) is 7.11 Å². The predicted octanol–water partition coefficient (Wildman–Crippen LogP) is 3.43. The first kappa shape index (κ1) is 15.3. The van der Waals surface area contributed by atoms with E-state index in [1.807, 2.05) is 47.3 Å². The summed E-state index contributed by atoms with van der Waals surface area (Å²) in [6.07, 6.45) is 5.37. The van der Waals surface area contributed by atoms with Crippen molar-refractivity contribution in [1.82, 2.24) is 14.9 Å². The summed E-state index contributed by atoms with van der Waals surface area (Å²) in [4.78, 5) is 17.0. The van der Waals surface area contributed by atoms with E-state index in [0.29, 0.717) is 10.6 Å². The van der Waals surface area contributed by atoms with E-state index in [0.717, 1.165) is 11.3 Å². The van der Waals surface area contributed by atoms with Crippen molar-refractivity contribution in [3.63, 3.8) is 0 Å². The van der Waals surface area contributed by atoms with Crippen molar-refractivity contribution in [2.24, 2.45) is 0 Å². The maximum Gasteiger partial charge on any atom is 0.265 e. The lowest BCUT2D eigenvalue weighted by atomic mass is 10.1. The van der Waals surface area contributed by atoms with E-state index in [1.54, 1.807) is 25.7 Å². The van der Waals surface area contributed by atoms with E-state index in [-0.39, 0.29) is 11.9 Å². The minimum atomic E-state index is -0.127. The zero-order valence-electron chi connectivity index (χ0n) is 12.9. The zero-order chi connectivity index (χ0) is 16.2. The first-order chi connectivity index (χ1) is 11.2. The van der Waals surface area contributed by atoms with Crippen LogP contribution in [0.5, 0.6) is 5.75 Å². The molecule has 1 N–H and O–H groups in total. The molecule has 1 aromatic carbocycles. The summed E-state index contributed by atoms with van der Waals surface area (Å²) in [7, 11) is 1.57. The van der Waals surface area contributed by atoms with Crippen LogP contribution in [0.15, 0.2) is 54.4 Å². The van der Waals surface area contributed by atoms with E-state index in [1.165, 1.54) is 11.3 Å². The minimum Gasteiger partial charge on any atom is -0.495 e. The highest BCUT2D eigenvalue weighted by atomic mass is 32.1. The molecule has 1 atom stereocenters. The summed E-state index contributed by atoms with van der Waals surface area (Å²) >= 11 is 1.37. The van der Waals surface area contributed by atoms with Crippen LogP contribution in [0.3, 0.4) is 0 Å². The molecule has 118 valence electrons. The fourth-order valence-corrected chi connectivity index (χ4v) is 3.10. The van der Waals surface area contributed by atoms with Crippen molar-refractivity contribution in [3.05, 3.63) is 64.9 Å².